The Morgan fingerprint density at radius 1 is 1.31 bits per heavy atom. The van der Waals surface area contributed by atoms with Crippen LogP contribution in [0.3, 0.4) is 0 Å². The Bertz CT molecular complexity index is 1320. The van der Waals surface area contributed by atoms with Crippen molar-refractivity contribution >= 4 is 40.9 Å². The summed E-state index contributed by atoms with van der Waals surface area (Å²) in [5.41, 5.74) is 4.02. The van der Waals surface area contributed by atoms with E-state index in [9.17, 15) is 4.79 Å². The van der Waals surface area contributed by atoms with E-state index in [2.05, 4.69) is 49.2 Å². The number of aromatic nitrogens is 3. The summed E-state index contributed by atoms with van der Waals surface area (Å²) in [5, 5.41) is 6.90. The Morgan fingerprint density at radius 2 is 2.14 bits per heavy atom. The van der Waals surface area contributed by atoms with Crippen molar-refractivity contribution in [1.82, 2.24) is 20.3 Å². The van der Waals surface area contributed by atoms with Crippen molar-refractivity contribution in [3.63, 3.8) is 0 Å². The number of carbonyl (C=O) groups excluding carboxylic acids is 1. The fourth-order valence-electron chi connectivity index (χ4n) is 3.72. The van der Waals surface area contributed by atoms with E-state index >= 15 is 0 Å². The third kappa shape index (κ3) is 5.72. The van der Waals surface area contributed by atoms with Gasteiger partial charge in [-0.2, -0.15) is 0 Å². The van der Waals surface area contributed by atoms with Crippen molar-refractivity contribution < 1.29 is 14.3 Å². The first kappa shape index (κ1) is 24.9. The van der Waals surface area contributed by atoms with Crippen LogP contribution in [0.2, 0.25) is 0 Å². The number of amidine groups is 1. The van der Waals surface area contributed by atoms with E-state index in [0.29, 0.717) is 31.1 Å². The van der Waals surface area contributed by atoms with Crippen LogP contribution in [0.15, 0.2) is 59.0 Å². The molecule has 3 heterocycles. The maximum atomic E-state index is 12.3. The number of nitrogens with one attached hydrogen (secondary N) is 2. The number of carbonyl (C=O) groups is 1. The smallest absolute Gasteiger partial charge is 0.316 e. The minimum atomic E-state index is -0.133. The summed E-state index contributed by atoms with van der Waals surface area (Å²) in [6.45, 7) is 9.18. The summed E-state index contributed by atoms with van der Waals surface area (Å²) < 4.78 is 10.7. The van der Waals surface area contributed by atoms with E-state index in [1.165, 1.54) is 6.33 Å². The molecular formula is C26H29N7O3. The quantitative estimate of drug-likeness (QED) is 0.369. The van der Waals surface area contributed by atoms with E-state index in [0.717, 1.165) is 27.7 Å². The average molecular weight is 488 g/mol. The van der Waals surface area contributed by atoms with Gasteiger partial charge in [0, 0.05) is 43.4 Å². The number of para-hydroxylation sites is 1. The lowest BCUT2D eigenvalue weighted by Crippen LogP contribution is -2.37. The van der Waals surface area contributed by atoms with Gasteiger partial charge in [-0.05, 0) is 30.8 Å². The first-order valence-corrected chi connectivity index (χ1v) is 11.6. The maximum Gasteiger partial charge on any atom is 0.316 e. The first-order chi connectivity index (χ1) is 17.5. The van der Waals surface area contributed by atoms with Gasteiger partial charge in [-0.25, -0.2) is 20.0 Å². The van der Waals surface area contributed by atoms with Gasteiger partial charge < -0.3 is 20.1 Å². The Hall–Kier alpha value is -4.18. The zero-order chi connectivity index (χ0) is 25.5. The van der Waals surface area contributed by atoms with E-state index in [4.69, 9.17) is 9.47 Å². The summed E-state index contributed by atoms with van der Waals surface area (Å²) in [5.74, 6) is 0.661. The van der Waals surface area contributed by atoms with Crippen LogP contribution in [0.5, 0.6) is 0 Å². The summed E-state index contributed by atoms with van der Waals surface area (Å²) >= 11 is 0. The van der Waals surface area contributed by atoms with Crippen molar-refractivity contribution in [2.75, 3.05) is 32.1 Å². The van der Waals surface area contributed by atoms with Crippen LogP contribution in [-0.4, -0.2) is 66.5 Å². The molecule has 10 nitrogen and oxygen atoms in total. The second kappa shape index (κ2) is 11.5. The number of fused-ring (bicyclic) bond motifs is 1. The van der Waals surface area contributed by atoms with Gasteiger partial charge in [0.15, 0.2) is 0 Å². The molecule has 4 rings (SSSR count). The molecular weight excluding hydrogens is 458 g/mol. The number of rotatable bonds is 8. The molecule has 1 atom stereocenters. The zero-order valence-electron chi connectivity index (χ0n) is 20.6. The Kier molecular flexibility index (Phi) is 7.96. The standard InChI is InChI=1S/C26H29N7O3/c1-16(19-6-5-7-20-21(25(34)27-3)8-9-29-24(19)20)11-30-23-10-22(32-15-33-23)17(2)12-31-26(28-4)36-18-13-35-14-18/h5-10,12,15-16,18H,4,11,13-14H2,1-3H3,(H,27,34)(H,30,32,33)/b17-12+,31-26+/t16-/m1/s1. The highest BCUT2D eigenvalue weighted by molar-refractivity contribution is 6.06. The molecule has 1 fully saturated rings. The lowest BCUT2D eigenvalue weighted by atomic mass is 9.96. The molecule has 3 aromatic rings. The molecule has 0 bridgehead atoms. The lowest BCUT2D eigenvalue weighted by molar-refractivity contribution is -0.0864. The molecule has 2 aromatic heterocycles. The minimum absolute atomic E-state index is 0.0351. The molecule has 1 saturated heterocycles. The highest BCUT2D eigenvalue weighted by atomic mass is 16.6. The van der Waals surface area contributed by atoms with Crippen molar-refractivity contribution in [3.05, 3.63) is 65.9 Å². The molecule has 1 aliphatic rings. The fourth-order valence-corrected chi connectivity index (χ4v) is 3.72. The second-order valence-electron chi connectivity index (χ2n) is 8.41. The molecule has 2 N–H and O–H groups in total. The number of anilines is 1. The molecule has 0 unspecified atom stereocenters. The normalized spacial score (nSPS) is 15.2. The zero-order valence-corrected chi connectivity index (χ0v) is 20.6. The molecule has 1 aromatic carbocycles. The summed E-state index contributed by atoms with van der Waals surface area (Å²) in [4.78, 5) is 33.6. The predicted octanol–water partition coefficient (Wildman–Crippen LogP) is 3.43. The lowest BCUT2D eigenvalue weighted by Gasteiger charge is -2.25. The van der Waals surface area contributed by atoms with Crippen LogP contribution in [0.1, 0.15) is 41.4 Å². The van der Waals surface area contributed by atoms with E-state index in [1.807, 2.05) is 31.2 Å². The molecule has 0 spiro atoms. The number of pyridine rings is 1. The van der Waals surface area contributed by atoms with E-state index in [1.54, 1.807) is 25.5 Å². The van der Waals surface area contributed by atoms with Crippen molar-refractivity contribution in [3.8, 4) is 0 Å². The highest BCUT2D eigenvalue weighted by Crippen LogP contribution is 2.26. The van der Waals surface area contributed by atoms with Crippen molar-refractivity contribution in [2.24, 2.45) is 9.98 Å². The van der Waals surface area contributed by atoms with Gasteiger partial charge in [0.2, 0.25) is 0 Å². The van der Waals surface area contributed by atoms with Crippen molar-refractivity contribution in [1.29, 1.82) is 0 Å². The van der Waals surface area contributed by atoms with Gasteiger partial charge in [-0.3, -0.25) is 9.78 Å². The molecule has 10 heteroatoms. The third-order valence-electron chi connectivity index (χ3n) is 5.85. The number of hydrogen-bond acceptors (Lipinski definition) is 8. The van der Waals surface area contributed by atoms with Gasteiger partial charge in [-0.1, -0.05) is 25.1 Å². The summed E-state index contributed by atoms with van der Waals surface area (Å²) in [6, 6.07) is 9.71. The van der Waals surface area contributed by atoms with Crippen LogP contribution in [0.25, 0.3) is 16.5 Å². The number of hydrogen-bond donors (Lipinski definition) is 2. The van der Waals surface area contributed by atoms with Gasteiger partial charge in [0.25, 0.3) is 5.91 Å². The number of nitrogens with zero attached hydrogens (tertiary/aromatic N) is 5. The Labute approximate surface area is 209 Å². The second-order valence-corrected chi connectivity index (χ2v) is 8.41. The molecule has 0 radical (unpaired) electrons. The molecule has 0 saturated carbocycles. The molecule has 0 aliphatic carbocycles. The van der Waals surface area contributed by atoms with Crippen LogP contribution >= 0.6 is 0 Å². The van der Waals surface area contributed by atoms with E-state index < -0.39 is 0 Å². The largest absolute Gasteiger partial charge is 0.455 e. The molecule has 186 valence electrons. The molecule has 1 aliphatic heterocycles. The predicted molar refractivity (Wildman–Crippen MR) is 140 cm³/mol. The third-order valence-corrected chi connectivity index (χ3v) is 5.85. The van der Waals surface area contributed by atoms with Gasteiger partial charge in [0.1, 0.15) is 18.2 Å². The van der Waals surface area contributed by atoms with Crippen LogP contribution in [-0.2, 0) is 9.47 Å². The topological polar surface area (TPSA) is 123 Å². The maximum absolute atomic E-state index is 12.3. The number of benzene rings is 1. The van der Waals surface area contributed by atoms with Crippen molar-refractivity contribution in [2.45, 2.75) is 25.9 Å². The number of ether oxygens (including phenoxy) is 2. The van der Waals surface area contributed by atoms with E-state index in [-0.39, 0.29) is 24.0 Å². The van der Waals surface area contributed by atoms with Gasteiger partial charge >= 0.3 is 6.02 Å². The first-order valence-electron chi connectivity index (χ1n) is 11.6. The van der Waals surface area contributed by atoms with Gasteiger partial charge in [-0.15, -0.1) is 0 Å². The summed E-state index contributed by atoms with van der Waals surface area (Å²) in [7, 11) is 1.62. The molecule has 36 heavy (non-hydrogen) atoms. The Balaban J connectivity index is 1.46. The average Bonchev–Trinajstić information content (AvgIpc) is 2.89. The van der Waals surface area contributed by atoms with Gasteiger partial charge in [0.05, 0.1) is 30.0 Å². The Morgan fingerprint density at radius 3 is 2.86 bits per heavy atom. The fraction of sp³-hybridized carbons (Fsp3) is 0.308. The van der Waals surface area contributed by atoms with Crippen LogP contribution < -0.4 is 10.6 Å². The highest BCUT2D eigenvalue weighted by Gasteiger charge is 2.21. The minimum Gasteiger partial charge on any atom is -0.455 e. The van der Waals surface area contributed by atoms with Crippen LogP contribution in [0.4, 0.5) is 5.82 Å². The number of amides is 1. The monoisotopic (exact) mass is 487 g/mol. The van der Waals surface area contributed by atoms with Crippen LogP contribution in [0, 0.1) is 0 Å². The number of aliphatic imine (C=N–C) groups is 2. The number of allylic oxidation sites excluding steroid dienone is 1. The summed E-state index contributed by atoms with van der Waals surface area (Å²) in [6.07, 6.45) is 4.78. The SMILES string of the molecule is C=N/C(=N\C=C(/C)c1cc(NC[C@@H](C)c2cccc3c(C(=O)NC)ccnc23)ncn1)OC1COC1. The molecule has 1 amide bonds.